The first-order valence-corrected chi connectivity index (χ1v) is 6.28. The highest BCUT2D eigenvalue weighted by atomic mass is 16.4. The van der Waals surface area contributed by atoms with Crippen molar-refractivity contribution >= 4 is 12.0 Å². The maximum absolute atomic E-state index is 11.7. The number of H-pyrrole nitrogens is 1. The van der Waals surface area contributed by atoms with Crippen LogP contribution in [0.3, 0.4) is 0 Å². The van der Waals surface area contributed by atoms with Gasteiger partial charge in [-0.1, -0.05) is 12.1 Å². The zero-order valence-corrected chi connectivity index (χ0v) is 11.3. The van der Waals surface area contributed by atoms with E-state index in [1.165, 1.54) is 18.5 Å². The molecule has 0 aliphatic rings. The van der Waals surface area contributed by atoms with E-state index >= 15 is 0 Å². The molecule has 0 bridgehead atoms. The molecular formula is C13H15N5O3. The number of carbonyl (C=O) groups excluding carboxylic acids is 1. The molecule has 2 rings (SSSR count). The number of benzene rings is 1. The number of nitrogens with one attached hydrogen (secondary N) is 3. The van der Waals surface area contributed by atoms with Crippen molar-refractivity contribution in [2.75, 3.05) is 0 Å². The Kier molecular flexibility index (Phi) is 4.50. The molecule has 1 unspecified atom stereocenters. The number of hydrogen-bond donors (Lipinski definition) is 4. The van der Waals surface area contributed by atoms with Gasteiger partial charge in [-0.05, 0) is 24.6 Å². The molecule has 2 aromatic rings. The van der Waals surface area contributed by atoms with Gasteiger partial charge in [0.25, 0.3) is 0 Å². The Bertz CT molecular complexity index is 626. The monoisotopic (exact) mass is 289 g/mol. The molecular weight excluding hydrogens is 274 g/mol. The van der Waals surface area contributed by atoms with E-state index in [9.17, 15) is 9.59 Å². The molecule has 0 radical (unpaired) electrons. The minimum absolute atomic E-state index is 0.185. The standard InChI is InChI=1S/C13H15N5O3/c1-8(11-15-7-16-18-11)17-13(21)14-6-9-3-2-4-10(5-9)12(19)20/h2-5,7-8H,6H2,1H3,(H,19,20)(H2,14,17,21)(H,15,16,18). The Hall–Kier alpha value is -2.90. The number of amides is 2. The molecule has 0 aliphatic heterocycles. The average molecular weight is 289 g/mol. The van der Waals surface area contributed by atoms with Gasteiger partial charge in [0.1, 0.15) is 12.2 Å². The van der Waals surface area contributed by atoms with Gasteiger partial charge >= 0.3 is 12.0 Å². The lowest BCUT2D eigenvalue weighted by Crippen LogP contribution is -2.37. The Morgan fingerprint density at radius 1 is 1.43 bits per heavy atom. The van der Waals surface area contributed by atoms with Gasteiger partial charge in [0.05, 0.1) is 11.6 Å². The van der Waals surface area contributed by atoms with Crippen molar-refractivity contribution in [1.82, 2.24) is 25.8 Å². The zero-order valence-electron chi connectivity index (χ0n) is 11.3. The third-order valence-electron chi connectivity index (χ3n) is 2.82. The van der Waals surface area contributed by atoms with Crippen molar-refractivity contribution < 1.29 is 14.7 Å². The molecule has 1 heterocycles. The van der Waals surface area contributed by atoms with E-state index in [-0.39, 0.29) is 24.2 Å². The number of rotatable bonds is 5. The fourth-order valence-corrected chi connectivity index (χ4v) is 1.74. The molecule has 1 aromatic carbocycles. The normalized spacial score (nSPS) is 11.7. The number of carboxylic acid groups (broad SMARTS) is 1. The van der Waals surface area contributed by atoms with Gasteiger partial charge in [0.2, 0.25) is 0 Å². The fraction of sp³-hybridized carbons (Fsp3) is 0.231. The van der Waals surface area contributed by atoms with Gasteiger partial charge in [0, 0.05) is 6.54 Å². The predicted molar refractivity (Wildman–Crippen MR) is 73.6 cm³/mol. The van der Waals surface area contributed by atoms with Crippen LogP contribution in [0.15, 0.2) is 30.6 Å². The number of aromatic nitrogens is 3. The lowest BCUT2D eigenvalue weighted by atomic mass is 10.1. The Morgan fingerprint density at radius 2 is 2.24 bits per heavy atom. The van der Waals surface area contributed by atoms with Crippen molar-refractivity contribution in [3.8, 4) is 0 Å². The average Bonchev–Trinajstić information content (AvgIpc) is 2.99. The van der Waals surface area contributed by atoms with Crippen LogP contribution in [-0.2, 0) is 6.54 Å². The summed E-state index contributed by atoms with van der Waals surface area (Å²) in [5, 5.41) is 20.6. The molecule has 21 heavy (non-hydrogen) atoms. The molecule has 1 aromatic heterocycles. The summed E-state index contributed by atoms with van der Waals surface area (Å²) in [5.74, 6) is -0.446. The third-order valence-corrected chi connectivity index (χ3v) is 2.82. The SMILES string of the molecule is CC(NC(=O)NCc1cccc(C(=O)O)c1)c1ncn[nH]1. The first-order valence-electron chi connectivity index (χ1n) is 6.28. The third kappa shape index (κ3) is 4.03. The van der Waals surface area contributed by atoms with Crippen LogP contribution >= 0.6 is 0 Å². The van der Waals surface area contributed by atoms with Crippen molar-refractivity contribution in [3.05, 3.63) is 47.5 Å². The van der Waals surface area contributed by atoms with E-state index in [1.54, 1.807) is 19.1 Å². The first kappa shape index (κ1) is 14.5. The van der Waals surface area contributed by atoms with E-state index in [0.29, 0.717) is 11.4 Å². The second-order valence-electron chi connectivity index (χ2n) is 4.42. The fourth-order valence-electron chi connectivity index (χ4n) is 1.74. The molecule has 0 aliphatic carbocycles. The Balaban J connectivity index is 1.86. The van der Waals surface area contributed by atoms with Crippen LogP contribution in [0.4, 0.5) is 4.79 Å². The van der Waals surface area contributed by atoms with Crippen molar-refractivity contribution in [1.29, 1.82) is 0 Å². The van der Waals surface area contributed by atoms with Gasteiger partial charge in [0.15, 0.2) is 0 Å². The van der Waals surface area contributed by atoms with E-state index in [0.717, 1.165) is 0 Å². The summed E-state index contributed by atoms with van der Waals surface area (Å²) in [5.41, 5.74) is 0.891. The molecule has 0 saturated heterocycles. The Morgan fingerprint density at radius 3 is 2.90 bits per heavy atom. The summed E-state index contributed by atoms with van der Waals surface area (Å²) in [7, 11) is 0. The van der Waals surface area contributed by atoms with Gasteiger partial charge in [-0.3, -0.25) is 5.10 Å². The molecule has 1 atom stereocenters. The molecule has 110 valence electrons. The summed E-state index contributed by atoms with van der Waals surface area (Å²) < 4.78 is 0. The molecule has 0 fully saturated rings. The largest absolute Gasteiger partial charge is 0.478 e. The van der Waals surface area contributed by atoms with Gasteiger partial charge < -0.3 is 15.7 Å². The highest BCUT2D eigenvalue weighted by molar-refractivity contribution is 5.87. The number of aromatic amines is 1. The quantitative estimate of drug-likeness (QED) is 0.656. The minimum Gasteiger partial charge on any atom is -0.478 e. The summed E-state index contributed by atoms with van der Waals surface area (Å²) in [4.78, 5) is 26.5. The maximum Gasteiger partial charge on any atom is 0.335 e. The van der Waals surface area contributed by atoms with E-state index in [2.05, 4.69) is 25.8 Å². The second kappa shape index (κ2) is 6.51. The number of carboxylic acids is 1. The summed E-state index contributed by atoms with van der Waals surface area (Å²) in [6, 6.07) is 5.71. The molecule has 0 saturated carbocycles. The number of hydrogen-bond acceptors (Lipinski definition) is 4. The van der Waals surface area contributed by atoms with Crippen LogP contribution < -0.4 is 10.6 Å². The molecule has 8 nitrogen and oxygen atoms in total. The number of carbonyl (C=O) groups is 2. The maximum atomic E-state index is 11.7. The van der Waals surface area contributed by atoms with Gasteiger partial charge in [-0.25, -0.2) is 14.6 Å². The second-order valence-corrected chi connectivity index (χ2v) is 4.42. The number of aromatic carboxylic acids is 1. The van der Waals surface area contributed by atoms with Crippen LogP contribution in [-0.4, -0.2) is 32.3 Å². The summed E-state index contributed by atoms with van der Waals surface area (Å²) in [6.45, 7) is 2.00. The van der Waals surface area contributed by atoms with Crippen LogP contribution in [0.25, 0.3) is 0 Å². The predicted octanol–water partition coefficient (Wildman–Crippen LogP) is 1.06. The highest BCUT2D eigenvalue weighted by Gasteiger charge is 2.11. The number of urea groups is 1. The van der Waals surface area contributed by atoms with Crippen LogP contribution in [0.1, 0.15) is 34.7 Å². The molecule has 8 heteroatoms. The van der Waals surface area contributed by atoms with Crippen molar-refractivity contribution in [2.45, 2.75) is 19.5 Å². The highest BCUT2D eigenvalue weighted by Crippen LogP contribution is 2.06. The first-order chi connectivity index (χ1) is 10.1. The van der Waals surface area contributed by atoms with Crippen LogP contribution in [0.5, 0.6) is 0 Å². The lowest BCUT2D eigenvalue weighted by Gasteiger charge is -2.12. The van der Waals surface area contributed by atoms with E-state index in [1.807, 2.05) is 0 Å². The molecule has 0 spiro atoms. The van der Waals surface area contributed by atoms with E-state index < -0.39 is 5.97 Å². The summed E-state index contributed by atoms with van der Waals surface area (Å²) in [6.07, 6.45) is 1.36. The van der Waals surface area contributed by atoms with Crippen LogP contribution in [0.2, 0.25) is 0 Å². The molecule has 2 amide bonds. The van der Waals surface area contributed by atoms with Gasteiger partial charge in [-0.15, -0.1) is 0 Å². The van der Waals surface area contributed by atoms with Crippen molar-refractivity contribution in [3.63, 3.8) is 0 Å². The Labute approximate surface area is 120 Å². The topological polar surface area (TPSA) is 120 Å². The smallest absolute Gasteiger partial charge is 0.335 e. The number of nitrogens with zero attached hydrogens (tertiary/aromatic N) is 2. The van der Waals surface area contributed by atoms with Crippen LogP contribution in [0, 0.1) is 0 Å². The zero-order chi connectivity index (χ0) is 15.2. The van der Waals surface area contributed by atoms with Gasteiger partial charge in [-0.2, -0.15) is 5.10 Å². The summed E-state index contributed by atoms with van der Waals surface area (Å²) >= 11 is 0. The molecule has 4 N–H and O–H groups in total. The van der Waals surface area contributed by atoms with E-state index in [4.69, 9.17) is 5.11 Å². The minimum atomic E-state index is -1.000. The van der Waals surface area contributed by atoms with Crippen molar-refractivity contribution in [2.24, 2.45) is 0 Å². The lowest BCUT2D eigenvalue weighted by molar-refractivity contribution is 0.0696.